The predicted molar refractivity (Wildman–Crippen MR) is 126 cm³/mol. The van der Waals surface area contributed by atoms with Gasteiger partial charge in [0.05, 0.1) is 30.9 Å². The third kappa shape index (κ3) is 4.45. The van der Waals surface area contributed by atoms with E-state index in [9.17, 15) is 4.79 Å². The molecular formula is C24H25N3O4S. The molecule has 2 aromatic heterocycles. The fraction of sp³-hybridized carbons (Fsp3) is 0.292. The molecule has 2 aromatic carbocycles. The number of para-hydroxylation sites is 1. The molecule has 166 valence electrons. The topological polar surface area (TPSA) is 75.0 Å². The molecule has 8 heteroatoms. The van der Waals surface area contributed by atoms with Crippen molar-refractivity contribution in [1.82, 2.24) is 14.6 Å². The Morgan fingerprint density at radius 1 is 1.03 bits per heavy atom. The zero-order valence-corrected chi connectivity index (χ0v) is 19.1. The second-order valence-corrected chi connectivity index (χ2v) is 8.22. The molecule has 0 atom stereocenters. The summed E-state index contributed by atoms with van der Waals surface area (Å²) in [5, 5.41) is 4.41. The highest BCUT2D eigenvalue weighted by Gasteiger charge is 2.15. The van der Waals surface area contributed by atoms with Gasteiger partial charge in [-0.2, -0.15) is 9.50 Å². The summed E-state index contributed by atoms with van der Waals surface area (Å²) in [5.41, 5.74) is 1.38. The molecule has 0 radical (unpaired) electrons. The van der Waals surface area contributed by atoms with E-state index < -0.39 is 0 Å². The van der Waals surface area contributed by atoms with E-state index in [0.29, 0.717) is 39.2 Å². The highest BCUT2D eigenvalue weighted by Crippen LogP contribution is 2.29. The summed E-state index contributed by atoms with van der Waals surface area (Å²) in [7, 11) is 3.21. The lowest BCUT2D eigenvalue weighted by Gasteiger charge is -2.11. The van der Waals surface area contributed by atoms with Crippen LogP contribution in [0.3, 0.4) is 0 Å². The van der Waals surface area contributed by atoms with Gasteiger partial charge in [-0.05, 0) is 42.3 Å². The van der Waals surface area contributed by atoms with Crippen LogP contribution in [0.4, 0.5) is 0 Å². The SMILES string of the molecule is CCCCCOc1ccc(C=c2sc3nc(-c4ccccc4OC)nn3c2=O)cc1OC. The first kappa shape index (κ1) is 21.8. The van der Waals surface area contributed by atoms with Crippen LogP contribution in [0.1, 0.15) is 31.7 Å². The number of nitrogens with zero attached hydrogens (tertiary/aromatic N) is 3. The second-order valence-electron chi connectivity index (χ2n) is 7.21. The molecule has 2 heterocycles. The van der Waals surface area contributed by atoms with E-state index in [1.807, 2.05) is 48.5 Å². The summed E-state index contributed by atoms with van der Waals surface area (Å²) in [5.74, 6) is 2.46. The maximum atomic E-state index is 12.9. The Bertz CT molecular complexity index is 1330. The number of hydrogen-bond acceptors (Lipinski definition) is 7. The number of rotatable bonds is 9. The predicted octanol–water partition coefficient (Wildman–Crippen LogP) is 3.95. The summed E-state index contributed by atoms with van der Waals surface area (Å²) >= 11 is 1.29. The van der Waals surface area contributed by atoms with Gasteiger partial charge in [-0.15, -0.1) is 5.10 Å². The van der Waals surface area contributed by atoms with Crippen LogP contribution in [0.25, 0.3) is 22.4 Å². The highest BCUT2D eigenvalue weighted by molar-refractivity contribution is 7.15. The highest BCUT2D eigenvalue weighted by atomic mass is 32.1. The lowest BCUT2D eigenvalue weighted by molar-refractivity contribution is 0.286. The van der Waals surface area contributed by atoms with Gasteiger partial charge in [0.25, 0.3) is 5.56 Å². The molecular weight excluding hydrogens is 426 g/mol. The molecule has 0 spiro atoms. The number of benzene rings is 2. The Morgan fingerprint density at radius 2 is 1.84 bits per heavy atom. The minimum Gasteiger partial charge on any atom is -0.496 e. The summed E-state index contributed by atoms with van der Waals surface area (Å²) in [6.45, 7) is 2.81. The molecule has 0 unspecified atom stereocenters. The number of fused-ring (bicyclic) bond motifs is 1. The summed E-state index contributed by atoms with van der Waals surface area (Å²) < 4.78 is 18.6. The minimum absolute atomic E-state index is 0.211. The van der Waals surface area contributed by atoms with Crippen molar-refractivity contribution >= 4 is 22.4 Å². The molecule has 0 aliphatic heterocycles. The molecule has 4 rings (SSSR count). The molecule has 7 nitrogen and oxygen atoms in total. The van der Waals surface area contributed by atoms with Crippen molar-refractivity contribution in [3.8, 4) is 28.6 Å². The van der Waals surface area contributed by atoms with E-state index in [1.54, 1.807) is 14.2 Å². The smallest absolute Gasteiger partial charge is 0.291 e. The van der Waals surface area contributed by atoms with E-state index in [-0.39, 0.29) is 5.56 Å². The van der Waals surface area contributed by atoms with Gasteiger partial charge in [0.1, 0.15) is 5.75 Å². The number of methoxy groups -OCH3 is 2. The Balaban J connectivity index is 1.64. The average molecular weight is 452 g/mol. The second kappa shape index (κ2) is 9.82. The lowest BCUT2D eigenvalue weighted by atomic mass is 10.2. The molecule has 0 aliphatic carbocycles. The van der Waals surface area contributed by atoms with Gasteiger partial charge in [-0.1, -0.05) is 49.3 Å². The van der Waals surface area contributed by atoms with Gasteiger partial charge < -0.3 is 14.2 Å². The Hall–Kier alpha value is -3.39. The number of thiazole rings is 1. The first-order valence-electron chi connectivity index (χ1n) is 10.5. The van der Waals surface area contributed by atoms with Gasteiger partial charge in [-0.3, -0.25) is 4.79 Å². The summed E-state index contributed by atoms with van der Waals surface area (Å²) in [6.07, 6.45) is 5.10. The van der Waals surface area contributed by atoms with Crippen molar-refractivity contribution in [2.75, 3.05) is 20.8 Å². The zero-order chi connectivity index (χ0) is 22.5. The number of ether oxygens (including phenoxy) is 3. The third-order valence-corrected chi connectivity index (χ3v) is 5.98. The zero-order valence-electron chi connectivity index (χ0n) is 18.3. The van der Waals surface area contributed by atoms with Crippen molar-refractivity contribution in [3.63, 3.8) is 0 Å². The van der Waals surface area contributed by atoms with Gasteiger partial charge in [0, 0.05) is 0 Å². The van der Waals surface area contributed by atoms with E-state index in [4.69, 9.17) is 14.2 Å². The van der Waals surface area contributed by atoms with Gasteiger partial charge in [0.2, 0.25) is 4.96 Å². The van der Waals surface area contributed by atoms with Crippen molar-refractivity contribution in [3.05, 3.63) is 62.9 Å². The standard InChI is InChI=1S/C24H25N3O4S/c1-4-5-8-13-31-19-12-11-16(14-20(19)30-3)15-21-23(28)27-24(32-21)25-22(26-27)17-9-6-7-10-18(17)29-2/h6-7,9-12,14-15H,4-5,8,13H2,1-3H3. The molecule has 4 aromatic rings. The van der Waals surface area contributed by atoms with Gasteiger partial charge in [-0.25, -0.2) is 0 Å². The van der Waals surface area contributed by atoms with Crippen LogP contribution in [0.15, 0.2) is 47.3 Å². The molecule has 0 N–H and O–H groups in total. The van der Waals surface area contributed by atoms with Crippen LogP contribution >= 0.6 is 11.3 Å². The molecule has 0 saturated heterocycles. The van der Waals surface area contributed by atoms with Crippen LogP contribution in [0, 0.1) is 0 Å². The van der Waals surface area contributed by atoms with Crippen molar-refractivity contribution in [2.45, 2.75) is 26.2 Å². The number of aromatic nitrogens is 3. The quantitative estimate of drug-likeness (QED) is 0.359. The van der Waals surface area contributed by atoms with E-state index in [0.717, 1.165) is 30.4 Å². The maximum absolute atomic E-state index is 12.9. The van der Waals surface area contributed by atoms with Gasteiger partial charge >= 0.3 is 0 Å². The molecule has 0 amide bonds. The number of hydrogen-bond donors (Lipinski definition) is 0. The molecule has 0 aliphatic rings. The first-order valence-corrected chi connectivity index (χ1v) is 11.3. The summed E-state index contributed by atoms with van der Waals surface area (Å²) in [6, 6.07) is 13.1. The van der Waals surface area contributed by atoms with Crippen molar-refractivity contribution in [1.29, 1.82) is 0 Å². The maximum Gasteiger partial charge on any atom is 0.291 e. The summed E-state index contributed by atoms with van der Waals surface area (Å²) in [4.78, 5) is 18.0. The lowest BCUT2D eigenvalue weighted by Crippen LogP contribution is -2.23. The van der Waals surface area contributed by atoms with E-state index in [1.165, 1.54) is 15.9 Å². The van der Waals surface area contributed by atoms with Crippen molar-refractivity contribution in [2.24, 2.45) is 0 Å². The van der Waals surface area contributed by atoms with Crippen LogP contribution in [0.2, 0.25) is 0 Å². The van der Waals surface area contributed by atoms with Crippen LogP contribution in [0.5, 0.6) is 17.2 Å². The minimum atomic E-state index is -0.211. The fourth-order valence-electron chi connectivity index (χ4n) is 3.36. The Labute approximate surface area is 189 Å². The number of unbranched alkanes of at least 4 members (excludes halogenated alkanes) is 2. The molecule has 0 bridgehead atoms. The van der Waals surface area contributed by atoms with Crippen molar-refractivity contribution < 1.29 is 14.2 Å². The van der Waals surface area contributed by atoms with Crippen LogP contribution in [-0.4, -0.2) is 35.4 Å². The Kier molecular flexibility index (Phi) is 6.70. The van der Waals surface area contributed by atoms with Gasteiger partial charge in [0.15, 0.2) is 17.3 Å². The monoisotopic (exact) mass is 451 g/mol. The first-order chi connectivity index (χ1) is 15.6. The largest absolute Gasteiger partial charge is 0.496 e. The molecule has 0 saturated carbocycles. The molecule has 0 fully saturated rings. The van der Waals surface area contributed by atoms with Crippen LogP contribution < -0.4 is 24.3 Å². The average Bonchev–Trinajstić information content (AvgIpc) is 3.36. The third-order valence-electron chi connectivity index (χ3n) is 5.02. The fourth-order valence-corrected chi connectivity index (χ4v) is 4.26. The van der Waals surface area contributed by atoms with Crippen LogP contribution in [-0.2, 0) is 0 Å². The Morgan fingerprint density at radius 3 is 2.59 bits per heavy atom. The van der Waals surface area contributed by atoms with E-state index >= 15 is 0 Å². The van der Waals surface area contributed by atoms with E-state index in [2.05, 4.69) is 17.0 Å². The molecule has 32 heavy (non-hydrogen) atoms. The normalized spacial score (nSPS) is 11.8.